The number of methoxy groups -OCH3 is 1. The molecule has 1 atom stereocenters. The molecule has 192 valence electrons. The van der Waals surface area contributed by atoms with Crippen LogP contribution in [-0.4, -0.2) is 63.2 Å². The lowest BCUT2D eigenvalue weighted by atomic mass is 10.1. The normalized spacial score (nSPS) is 12.5. The summed E-state index contributed by atoms with van der Waals surface area (Å²) in [6.07, 6.45) is 1.57. The van der Waals surface area contributed by atoms with Gasteiger partial charge in [-0.05, 0) is 64.3 Å². The molecule has 0 aromatic heterocycles. The van der Waals surface area contributed by atoms with E-state index in [9.17, 15) is 18.0 Å². The Morgan fingerprint density at radius 1 is 1.09 bits per heavy atom. The van der Waals surface area contributed by atoms with Crippen molar-refractivity contribution in [2.75, 3.05) is 30.8 Å². The van der Waals surface area contributed by atoms with Gasteiger partial charge >= 0.3 is 0 Å². The molecule has 9 heteroatoms. The average molecular weight is 504 g/mol. The number of aryl methyl sites for hydroxylation is 1. The summed E-state index contributed by atoms with van der Waals surface area (Å²) >= 11 is 0. The number of ether oxygens (including phenoxy) is 1. The molecule has 0 saturated heterocycles. The van der Waals surface area contributed by atoms with E-state index in [1.807, 2.05) is 58.0 Å². The highest BCUT2D eigenvalue weighted by Crippen LogP contribution is 2.31. The number of sulfonamides is 1. The van der Waals surface area contributed by atoms with E-state index in [4.69, 9.17) is 4.74 Å². The summed E-state index contributed by atoms with van der Waals surface area (Å²) in [4.78, 5) is 28.0. The van der Waals surface area contributed by atoms with E-state index in [1.54, 1.807) is 25.1 Å². The van der Waals surface area contributed by atoms with Crippen LogP contribution < -0.4 is 14.4 Å². The average Bonchev–Trinajstić information content (AvgIpc) is 2.76. The van der Waals surface area contributed by atoms with Crippen molar-refractivity contribution in [3.8, 4) is 5.75 Å². The molecule has 0 aliphatic carbocycles. The number of carbonyl (C=O) groups excluding carboxylic acids is 2. The maximum atomic E-state index is 13.6. The molecule has 1 N–H and O–H groups in total. The number of nitrogens with one attached hydrogen (secondary N) is 1. The largest absolute Gasteiger partial charge is 0.495 e. The molecule has 0 aliphatic rings. The van der Waals surface area contributed by atoms with Crippen molar-refractivity contribution >= 4 is 27.5 Å². The van der Waals surface area contributed by atoms with E-state index in [0.29, 0.717) is 12.2 Å². The fraction of sp³-hybridized carbons (Fsp3) is 0.462. The third-order valence-corrected chi connectivity index (χ3v) is 6.56. The van der Waals surface area contributed by atoms with Gasteiger partial charge in [-0.1, -0.05) is 36.4 Å². The summed E-state index contributed by atoms with van der Waals surface area (Å²) in [6, 6.07) is 14.0. The number of rotatable bonds is 10. The third-order valence-electron chi connectivity index (χ3n) is 5.43. The van der Waals surface area contributed by atoms with Crippen molar-refractivity contribution in [3.05, 3.63) is 59.7 Å². The molecule has 0 radical (unpaired) electrons. The summed E-state index contributed by atoms with van der Waals surface area (Å²) in [6.45, 7) is 8.87. The summed E-state index contributed by atoms with van der Waals surface area (Å²) in [7, 11) is -2.39. The summed E-state index contributed by atoms with van der Waals surface area (Å²) < 4.78 is 31.9. The molecule has 1 unspecified atom stereocenters. The maximum absolute atomic E-state index is 13.6. The van der Waals surface area contributed by atoms with E-state index in [0.717, 1.165) is 21.7 Å². The molecule has 0 fully saturated rings. The molecular weight excluding hydrogens is 466 g/mol. The molecule has 2 rings (SSSR count). The minimum atomic E-state index is -3.83. The van der Waals surface area contributed by atoms with Crippen LogP contribution in [0.25, 0.3) is 0 Å². The lowest BCUT2D eigenvalue weighted by Gasteiger charge is -2.33. The number of benzene rings is 2. The summed E-state index contributed by atoms with van der Waals surface area (Å²) in [5, 5.41) is 2.91. The fourth-order valence-electron chi connectivity index (χ4n) is 3.63. The monoisotopic (exact) mass is 503 g/mol. The fourth-order valence-corrected chi connectivity index (χ4v) is 4.48. The van der Waals surface area contributed by atoms with Crippen molar-refractivity contribution in [2.24, 2.45) is 0 Å². The predicted molar refractivity (Wildman–Crippen MR) is 139 cm³/mol. The Balaban J connectivity index is 2.40. The highest BCUT2D eigenvalue weighted by atomic mass is 32.2. The van der Waals surface area contributed by atoms with Gasteiger partial charge in [-0.15, -0.1) is 0 Å². The van der Waals surface area contributed by atoms with Crippen LogP contribution in [0.15, 0.2) is 48.5 Å². The van der Waals surface area contributed by atoms with Crippen LogP contribution >= 0.6 is 0 Å². The maximum Gasteiger partial charge on any atom is 0.244 e. The number of nitrogens with zero attached hydrogens (tertiary/aromatic N) is 2. The first-order valence-corrected chi connectivity index (χ1v) is 13.4. The molecule has 0 aliphatic heterocycles. The molecule has 2 amide bonds. The topological polar surface area (TPSA) is 96.0 Å². The number of hydrogen-bond acceptors (Lipinski definition) is 5. The molecule has 0 saturated carbocycles. The van der Waals surface area contributed by atoms with E-state index in [1.165, 1.54) is 12.0 Å². The molecule has 2 aromatic carbocycles. The van der Waals surface area contributed by atoms with Crippen LogP contribution in [0.3, 0.4) is 0 Å². The Kier molecular flexibility index (Phi) is 9.31. The van der Waals surface area contributed by atoms with Gasteiger partial charge < -0.3 is 15.0 Å². The van der Waals surface area contributed by atoms with Crippen LogP contribution in [0.4, 0.5) is 5.69 Å². The van der Waals surface area contributed by atoms with Gasteiger partial charge in [0.15, 0.2) is 0 Å². The van der Waals surface area contributed by atoms with Gasteiger partial charge in [0.1, 0.15) is 18.3 Å². The Labute approximate surface area is 209 Å². The van der Waals surface area contributed by atoms with Gasteiger partial charge in [-0.25, -0.2) is 8.42 Å². The van der Waals surface area contributed by atoms with Gasteiger partial charge in [0.25, 0.3) is 0 Å². The minimum absolute atomic E-state index is 0.254. The lowest BCUT2D eigenvalue weighted by molar-refractivity contribution is -0.139. The molecule has 2 aromatic rings. The molecule has 35 heavy (non-hydrogen) atoms. The van der Waals surface area contributed by atoms with Gasteiger partial charge in [-0.3, -0.25) is 13.9 Å². The van der Waals surface area contributed by atoms with Gasteiger partial charge in [0.05, 0.1) is 19.1 Å². The number of anilines is 1. The molecule has 0 bridgehead atoms. The molecule has 0 heterocycles. The van der Waals surface area contributed by atoms with Gasteiger partial charge in [-0.2, -0.15) is 0 Å². The van der Waals surface area contributed by atoms with Crippen LogP contribution in [0.1, 0.15) is 38.8 Å². The van der Waals surface area contributed by atoms with Crippen LogP contribution in [0, 0.1) is 6.92 Å². The highest BCUT2D eigenvalue weighted by molar-refractivity contribution is 7.92. The number of hydrogen-bond donors (Lipinski definition) is 1. The second-order valence-electron chi connectivity index (χ2n) is 9.68. The lowest BCUT2D eigenvalue weighted by Crippen LogP contribution is -2.55. The van der Waals surface area contributed by atoms with Crippen molar-refractivity contribution in [1.29, 1.82) is 0 Å². The van der Waals surface area contributed by atoms with Crippen LogP contribution in [0.2, 0.25) is 0 Å². The van der Waals surface area contributed by atoms with Crippen molar-refractivity contribution in [2.45, 2.75) is 52.6 Å². The summed E-state index contributed by atoms with van der Waals surface area (Å²) in [5.41, 5.74) is 1.63. The standard InChI is InChI=1S/C26H37N3O5S/c1-19-13-14-23(34-6)22(17-19)29(35(7,32)33)18-24(30)28(16-15-21-11-9-8-10-12-21)20(2)25(31)27-26(3,4)5/h8-14,17,20H,15-16,18H2,1-7H3,(H,27,31). The number of carbonyl (C=O) groups is 2. The second-order valence-corrected chi connectivity index (χ2v) is 11.6. The smallest absolute Gasteiger partial charge is 0.244 e. The Morgan fingerprint density at radius 3 is 2.26 bits per heavy atom. The zero-order chi connectivity index (χ0) is 26.4. The first-order valence-electron chi connectivity index (χ1n) is 11.5. The van der Waals surface area contributed by atoms with E-state index < -0.39 is 34.1 Å². The Bertz CT molecular complexity index is 1130. The quantitative estimate of drug-likeness (QED) is 0.537. The summed E-state index contributed by atoms with van der Waals surface area (Å²) in [5.74, 6) is -0.451. The first-order chi connectivity index (χ1) is 16.2. The molecular formula is C26H37N3O5S. The molecule has 0 spiro atoms. The predicted octanol–water partition coefficient (Wildman–Crippen LogP) is 3.14. The van der Waals surface area contributed by atoms with Crippen LogP contribution in [0.5, 0.6) is 5.75 Å². The van der Waals surface area contributed by atoms with Crippen molar-refractivity contribution in [3.63, 3.8) is 0 Å². The van der Waals surface area contributed by atoms with Crippen LogP contribution in [-0.2, 0) is 26.0 Å². The molecule has 8 nitrogen and oxygen atoms in total. The Morgan fingerprint density at radius 2 is 1.71 bits per heavy atom. The van der Waals surface area contributed by atoms with Gasteiger partial charge in [0, 0.05) is 12.1 Å². The minimum Gasteiger partial charge on any atom is -0.495 e. The van der Waals surface area contributed by atoms with E-state index >= 15 is 0 Å². The van der Waals surface area contributed by atoms with E-state index in [-0.39, 0.29) is 18.1 Å². The zero-order valence-electron chi connectivity index (χ0n) is 21.7. The third kappa shape index (κ3) is 8.28. The highest BCUT2D eigenvalue weighted by Gasteiger charge is 2.32. The van der Waals surface area contributed by atoms with Crippen molar-refractivity contribution < 1.29 is 22.7 Å². The van der Waals surface area contributed by atoms with Gasteiger partial charge in [0.2, 0.25) is 21.8 Å². The first kappa shape index (κ1) is 28.2. The van der Waals surface area contributed by atoms with Crippen molar-refractivity contribution in [1.82, 2.24) is 10.2 Å². The second kappa shape index (κ2) is 11.6. The SMILES string of the molecule is COc1ccc(C)cc1N(CC(=O)N(CCc1ccccc1)C(C)C(=O)NC(C)(C)C)S(C)(=O)=O. The van der Waals surface area contributed by atoms with E-state index in [2.05, 4.69) is 5.32 Å². The Hall–Kier alpha value is -3.07. The number of amides is 2. The zero-order valence-corrected chi connectivity index (χ0v) is 22.5.